The summed E-state index contributed by atoms with van der Waals surface area (Å²) in [5.74, 6) is 0.911. The molecule has 0 unspecified atom stereocenters. The van der Waals surface area contributed by atoms with Crippen LogP contribution in [0.15, 0.2) is 30.9 Å². The van der Waals surface area contributed by atoms with Crippen LogP contribution in [0.4, 0.5) is 4.79 Å². The van der Waals surface area contributed by atoms with E-state index < -0.39 is 0 Å². The van der Waals surface area contributed by atoms with Gasteiger partial charge >= 0.3 is 6.09 Å². The van der Waals surface area contributed by atoms with Gasteiger partial charge in [0.25, 0.3) is 5.91 Å². The maximum atomic E-state index is 12.4. The summed E-state index contributed by atoms with van der Waals surface area (Å²) in [7, 11) is 3.08. The molecule has 7 heteroatoms. The van der Waals surface area contributed by atoms with Crippen molar-refractivity contribution in [1.82, 2.24) is 10.2 Å². The molecule has 136 valence electrons. The minimum Gasteiger partial charge on any atom is -0.493 e. The first kappa shape index (κ1) is 18.6. The molecule has 2 amide bonds. The molecule has 1 saturated heterocycles. The van der Waals surface area contributed by atoms with Crippen LogP contribution in [-0.4, -0.2) is 56.9 Å². The van der Waals surface area contributed by atoms with E-state index in [1.807, 2.05) is 0 Å². The van der Waals surface area contributed by atoms with E-state index in [0.29, 0.717) is 43.0 Å². The zero-order valence-electron chi connectivity index (χ0n) is 14.6. The normalized spacial score (nSPS) is 14.6. The standard InChI is InChI=1S/C18H24N2O5/c1-4-11-25-18(22)20-9-7-14(8-10-20)19-17(21)13-5-6-15(23-2)16(12-13)24-3/h4-6,12,14H,1,7-11H2,2-3H3,(H,19,21). The minimum atomic E-state index is -0.343. The Hall–Kier alpha value is -2.70. The molecular weight excluding hydrogens is 324 g/mol. The molecule has 7 nitrogen and oxygen atoms in total. The van der Waals surface area contributed by atoms with Gasteiger partial charge in [-0.05, 0) is 31.0 Å². The molecule has 0 aromatic heterocycles. The topological polar surface area (TPSA) is 77.1 Å². The van der Waals surface area contributed by atoms with E-state index in [1.165, 1.54) is 13.2 Å². The minimum absolute atomic E-state index is 0.0176. The summed E-state index contributed by atoms with van der Waals surface area (Å²) in [5, 5.41) is 3.00. The largest absolute Gasteiger partial charge is 0.493 e. The van der Waals surface area contributed by atoms with Crippen LogP contribution in [0.25, 0.3) is 0 Å². The lowest BCUT2D eigenvalue weighted by Crippen LogP contribution is -2.46. The third kappa shape index (κ3) is 4.89. The van der Waals surface area contributed by atoms with Crippen molar-refractivity contribution in [1.29, 1.82) is 0 Å². The highest BCUT2D eigenvalue weighted by molar-refractivity contribution is 5.95. The van der Waals surface area contributed by atoms with E-state index in [4.69, 9.17) is 14.2 Å². The van der Waals surface area contributed by atoms with Gasteiger partial charge in [0.1, 0.15) is 6.61 Å². The van der Waals surface area contributed by atoms with Crippen molar-refractivity contribution in [3.8, 4) is 11.5 Å². The molecule has 0 spiro atoms. The number of nitrogens with zero attached hydrogens (tertiary/aromatic N) is 1. The summed E-state index contributed by atoms with van der Waals surface area (Å²) in [6.07, 6.45) is 2.56. The predicted molar refractivity (Wildman–Crippen MR) is 93.2 cm³/mol. The van der Waals surface area contributed by atoms with Crippen LogP contribution in [-0.2, 0) is 4.74 Å². The number of hydrogen-bond acceptors (Lipinski definition) is 5. The van der Waals surface area contributed by atoms with Crippen molar-refractivity contribution < 1.29 is 23.8 Å². The van der Waals surface area contributed by atoms with E-state index in [0.717, 1.165) is 0 Å². The fraction of sp³-hybridized carbons (Fsp3) is 0.444. The first-order chi connectivity index (χ1) is 12.1. The van der Waals surface area contributed by atoms with Crippen molar-refractivity contribution in [2.75, 3.05) is 33.9 Å². The summed E-state index contributed by atoms with van der Waals surface area (Å²) >= 11 is 0. The molecule has 1 aliphatic rings. The molecule has 1 heterocycles. The average molecular weight is 348 g/mol. The number of likely N-dealkylation sites (tertiary alicyclic amines) is 1. The van der Waals surface area contributed by atoms with Crippen molar-refractivity contribution in [2.45, 2.75) is 18.9 Å². The highest BCUT2D eigenvalue weighted by Gasteiger charge is 2.25. The van der Waals surface area contributed by atoms with Crippen LogP contribution in [0.1, 0.15) is 23.2 Å². The summed E-state index contributed by atoms with van der Waals surface area (Å²) in [6, 6.07) is 5.06. The van der Waals surface area contributed by atoms with Crippen molar-refractivity contribution in [3.63, 3.8) is 0 Å². The quantitative estimate of drug-likeness (QED) is 0.798. The Balaban J connectivity index is 1.88. The second-order valence-electron chi connectivity index (χ2n) is 5.67. The number of piperidine rings is 1. The van der Waals surface area contributed by atoms with Crippen LogP contribution >= 0.6 is 0 Å². The van der Waals surface area contributed by atoms with Gasteiger partial charge in [-0.1, -0.05) is 12.7 Å². The van der Waals surface area contributed by atoms with Crippen LogP contribution in [0.3, 0.4) is 0 Å². The predicted octanol–water partition coefficient (Wildman–Crippen LogP) is 2.22. The number of hydrogen-bond donors (Lipinski definition) is 1. The molecule has 0 saturated carbocycles. The monoisotopic (exact) mass is 348 g/mol. The molecule has 1 aromatic rings. The second-order valence-corrected chi connectivity index (χ2v) is 5.67. The number of nitrogens with one attached hydrogen (secondary N) is 1. The SMILES string of the molecule is C=CCOC(=O)N1CCC(NC(=O)c2ccc(OC)c(OC)c2)CC1. The smallest absolute Gasteiger partial charge is 0.410 e. The van der Waals surface area contributed by atoms with E-state index in [2.05, 4.69) is 11.9 Å². The molecule has 0 bridgehead atoms. The van der Waals surface area contributed by atoms with Gasteiger partial charge in [-0.25, -0.2) is 4.79 Å². The summed E-state index contributed by atoms with van der Waals surface area (Å²) in [4.78, 5) is 25.8. The average Bonchev–Trinajstić information content (AvgIpc) is 2.65. The summed E-state index contributed by atoms with van der Waals surface area (Å²) < 4.78 is 15.4. The zero-order valence-corrected chi connectivity index (χ0v) is 14.6. The third-order valence-corrected chi connectivity index (χ3v) is 4.06. The lowest BCUT2D eigenvalue weighted by molar-refractivity contribution is 0.0873. The number of methoxy groups -OCH3 is 2. The maximum Gasteiger partial charge on any atom is 0.410 e. The Bertz CT molecular complexity index is 624. The van der Waals surface area contributed by atoms with Crippen LogP contribution < -0.4 is 14.8 Å². The number of carbonyl (C=O) groups is 2. The van der Waals surface area contributed by atoms with Gasteiger partial charge in [0, 0.05) is 24.7 Å². The molecular formula is C18H24N2O5. The zero-order chi connectivity index (χ0) is 18.2. The van der Waals surface area contributed by atoms with E-state index in [1.54, 1.807) is 30.2 Å². The summed E-state index contributed by atoms with van der Waals surface area (Å²) in [5.41, 5.74) is 0.505. The first-order valence-corrected chi connectivity index (χ1v) is 8.14. The Morgan fingerprint density at radius 2 is 1.92 bits per heavy atom. The van der Waals surface area contributed by atoms with Crippen LogP contribution in [0.2, 0.25) is 0 Å². The van der Waals surface area contributed by atoms with Crippen LogP contribution in [0.5, 0.6) is 11.5 Å². The number of benzene rings is 1. The molecule has 0 atom stereocenters. The van der Waals surface area contributed by atoms with Gasteiger partial charge in [0.2, 0.25) is 0 Å². The summed E-state index contributed by atoms with van der Waals surface area (Å²) in [6.45, 7) is 4.81. The van der Waals surface area contributed by atoms with Gasteiger partial charge in [0.05, 0.1) is 14.2 Å². The fourth-order valence-corrected chi connectivity index (χ4v) is 2.67. The number of ether oxygens (including phenoxy) is 3. The van der Waals surface area contributed by atoms with E-state index >= 15 is 0 Å². The van der Waals surface area contributed by atoms with Gasteiger partial charge < -0.3 is 24.4 Å². The highest BCUT2D eigenvalue weighted by Crippen LogP contribution is 2.27. The Morgan fingerprint density at radius 3 is 2.52 bits per heavy atom. The first-order valence-electron chi connectivity index (χ1n) is 8.14. The van der Waals surface area contributed by atoms with Gasteiger partial charge in [-0.15, -0.1) is 0 Å². The molecule has 2 rings (SSSR count). The van der Waals surface area contributed by atoms with Crippen molar-refractivity contribution in [3.05, 3.63) is 36.4 Å². The molecule has 25 heavy (non-hydrogen) atoms. The lowest BCUT2D eigenvalue weighted by Gasteiger charge is -2.31. The maximum absolute atomic E-state index is 12.4. The van der Waals surface area contributed by atoms with E-state index in [9.17, 15) is 9.59 Å². The van der Waals surface area contributed by atoms with Gasteiger partial charge in [-0.3, -0.25) is 4.79 Å². The van der Waals surface area contributed by atoms with Crippen molar-refractivity contribution in [2.24, 2.45) is 0 Å². The number of rotatable bonds is 6. The highest BCUT2D eigenvalue weighted by atomic mass is 16.6. The molecule has 1 aliphatic heterocycles. The Kier molecular flexibility index (Phi) is 6.68. The lowest BCUT2D eigenvalue weighted by atomic mass is 10.0. The Labute approximate surface area is 147 Å². The fourth-order valence-electron chi connectivity index (χ4n) is 2.67. The molecule has 1 fully saturated rings. The molecule has 1 aromatic carbocycles. The second kappa shape index (κ2) is 8.96. The molecule has 0 radical (unpaired) electrons. The van der Waals surface area contributed by atoms with Gasteiger partial charge in [-0.2, -0.15) is 0 Å². The Morgan fingerprint density at radius 1 is 1.24 bits per heavy atom. The van der Waals surface area contributed by atoms with Crippen LogP contribution in [0, 0.1) is 0 Å². The number of amides is 2. The molecule has 0 aliphatic carbocycles. The van der Waals surface area contributed by atoms with E-state index in [-0.39, 0.29) is 24.6 Å². The number of carbonyl (C=O) groups excluding carboxylic acids is 2. The third-order valence-electron chi connectivity index (χ3n) is 4.06. The van der Waals surface area contributed by atoms with Crippen molar-refractivity contribution >= 4 is 12.0 Å². The van der Waals surface area contributed by atoms with Gasteiger partial charge in [0.15, 0.2) is 11.5 Å². The molecule has 1 N–H and O–H groups in total.